The van der Waals surface area contributed by atoms with Gasteiger partial charge in [0.15, 0.2) is 0 Å². The maximum absolute atomic E-state index is 11.3. The van der Waals surface area contributed by atoms with Crippen molar-refractivity contribution in [3.05, 3.63) is 30.2 Å². The van der Waals surface area contributed by atoms with Crippen molar-refractivity contribution >= 4 is 23.2 Å². The molecule has 88 valence electrons. The van der Waals surface area contributed by atoms with E-state index in [4.69, 9.17) is 0 Å². The topological polar surface area (TPSA) is 61.2 Å². The molecule has 0 saturated heterocycles. The summed E-state index contributed by atoms with van der Waals surface area (Å²) in [4.78, 5) is 25.9. The minimum Gasteiger partial charge on any atom is -0.469 e. The summed E-state index contributed by atoms with van der Waals surface area (Å²) in [5.74, 6) is -0.299. The van der Waals surface area contributed by atoms with Crippen molar-refractivity contribution in [3.8, 4) is 0 Å². The van der Waals surface area contributed by atoms with E-state index >= 15 is 0 Å². The number of esters is 1. The average Bonchev–Trinajstić information content (AvgIpc) is 2.69. The number of carbonyl (C=O) groups excluding carboxylic acids is 2. The molecular formula is C12H12N2O3. The minimum atomic E-state index is -0.299. The normalized spacial score (nSPS) is 10.4. The van der Waals surface area contributed by atoms with Crippen LogP contribution in [0.15, 0.2) is 24.7 Å². The van der Waals surface area contributed by atoms with E-state index in [1.807, 2.05) is 6.07 Å². The van der Waals surface area contributed by atoms with Gasteiger partial charge in [0.1, 0.15) is 6.29 Å². The van der Waals surface area contributed by atoms with Crippen molar-refractivity contribution in [2.75, 3.05) is 7.11 Å². The van der Waals surface area contributed by atoms with Crippen molar-refractivity contribution in [2.24, 2.45) is 0 Å². The lowest BCUT2D eigenvalue weighted by atomic mass is 10.1. The molecule has 17 heavy (non-hydrogen) atoms. The third-order valence-electron chi connectivity index (χ3n) is 2.60. The summed E-state index contributed by atoms with van der Waals surface area (Å²) < 4.78 is 6.41. The maximum Gasteiger partial charge on any atom is 0.310 e. The Morgan fingerprint density at radius 1 is 1.59 bits per heavy atom. The summed E-state index contributed by atoms with van der Waals surface area (Å²) in [5, 5.41) is 0.923. The molecule has 0 fully saturated rings. The molecule has 0 N–H and O–H groups in total. The molecule has 0 atom stereocenters. The smallest absolute Gasteiger partial charge is 0.310 e. The van der Waals surface area contributed by atoms with Crippen LogP contribution in [0.3, 0.4) is 0 Å². The summed E-state index contributed by atoms with van der Waals surface area (Å²) in [6.45, 7) is 0.253. The summed E-state index contributed by atoms with van der Waals surface area (Å²) in [6.07, 6.45) is 6.14. The van der Waals surface area contributed by atoms with Gasteiger partial charge in [-0.25, -0.2) is 0 Å². The Morgan fingerprint density at radius 3 is 3.12 bits per heavy atom. The van der Waals surface area contributed by atoms with Gasteiger partial charge >= 0.3 is 5.97 Å². The van der Waals surface area contributed by atoms with Gasteiger partial charge in [0.05, 0.1) is 31.8 Å². The molecule has 2 aromatic heterocycles. The Kier molecular flexibility index (Phi) is 3.18. The third kappa shape index (κ3) is 2.18. The molecule has 0 unspecified atom stereocenters. The van der Waals surface area contributed by atoms with Crippen LogP contribution in [0.25, 0.3) is 10.9 Å². The van der Waals surface area contributed by atoms with Gasteiger partial charge in [-0.15, -0.1) is 0 Å². The molecule has 0 bridgehead atoms. The largest absolute Gasteiger partial charge is 0.469 e. The molecule has 0 aliphatic heterocycles. The zero-order valence-corrected chi connectivity index (χ0v) is 9.42. The van der Waals surface area contributed by atoms with Crippen LogP contribution < -0.4 is 0 Å². The molecule has 2 heterocycles. The minimum absolute atomic E-state index is 0.197. The second-order valence-electron chi connectivity index (χ2n) is 3.62. The maximum atomic E-state index is 11.3. The van der Waals surface area contributed by atoms with Gasteiger partial charge in [-0.3, -0.25) is 9.78 Å². The quantitative estimate of drug-likeness (QED) is 0.581. The van der Waals surface area contributed by atoms with E-state index in [0.717, 1.165) is 22.8 Å². The van der Waals surface area contributed by atoms with E-state index in [1.54, 1.807) is 23.2 Å². The first-order valence-corrected chi connectivity index (χ1v) is 5.18. The lowest BCUT2D eigenvalue weighted by Crippen LogP contribution is -2.04. The SMILES string of the molecule is COC(=O)Cc1cn(CC=O)c2cnccc12. The van der Waals surface area contributed by atoms with Crippen molar-refractivity contribution in [1.82, 2.24) is 9.55 Å². The van der Waals surface area contributed by atoms with Gasteiger partial charge in [0.2, 0.25) is 0 Å². The number of carbonyl (C=O) groups is 2. The molecule has 5 nitrogen and oxygen atoms in total. The third-order valence-corrected chi connectivity index (χ3v) is 2.60. The van der Waals surface area contributed by atoms with Gasteiger partial charge in [0, 0.05) is 17.8 Å². The first-order valence-electron chi connectivity index (χ1n) is 5.18. The van der Waals surface area contributed by atoms with Crippen molar-refractivity contribution < 1.29 is 14.3 Å². The number of pyridine rings is 1. The molecule has 5 heteroatoms. The fraction of sp³-hybridized carbons (Fsp3) is 0.250. The van der Waals surface area contributed by atoms with Crippen LogP contribution in [0.2, 0.25) is 0 Å². The second kappa shape index (κ2) is 4.78. The molecule has 0 amide bonds. The molecule has 0 aliphatic rings. The van der Waals surface area contributed by atoms with Crippen molar-refractivity contribution in [3.63, 3.8) is 0 Å². The number of methoxy groups -OCH3 is 1. The molecular weight excluding hydrogens is 220 g/mol. The number of ether oxygens (including phenoxy) is 1. The van der Waals surface area contributed by atoms with Crippen LogP contribution in [0.1, 0.15) is 5.56 Å². The van der Waals surface area contributed by atoms with Gasteiger partial charge in [-0.1, -0.05) is 0 Å². The zero-order valence-electron chi connectivity index (χ0n) is 9.42. The number of hydrogen-bond acceptors (Lipinski definition) is 4. The molecule has 2 rings (SSSR count). The second-order valence-corrected chi connectivity index (χ2v) is 3.62. The van der Waals surface area contributed by atoms with Crippen LogP contribution >= 0.6 is 0 Å². The van der Waals surface area contributed by atoms with E-state index in [9.17, 15) is 9.59 Å². The number of aldehydes is 1. The van der Waals surface area contributed by atoms with E-state index in [-0.39, 0.29) is 18.9 Å². The van der Waals surface area contributed by atoms with E-state index in [2.05, 4.69) is 9.72 Å². The Balaban J connectivity index is 2.48. The number of fused-ring (bicyclic) bond motifs is 1. The number of hydrogen-bond donors (Lipinski definition) is 0. The summed E-state index contributed by atoms with van der Waals surface area (Å²) in [5.41, 5.74) is 1.69. The van der Waals surface area contributed by atoms with Crippen LogP contribution in [0, 0.1) is 0 Å². The number of rotatable bonds is 4. The van der Waals surface area contributed by atoms with Gasteiger partial charge < -0.3 is 14.1 Å². The van der Waals surface area contributed by atoms with Crippen LogP contribution in [-0.4, -0.2) is 28.9 Å². The van der Waals surface area contributed by atoms with Crippen LogP contribution in [0.5, 0.6) is 0 Å². The van der Waals surface area contributed by atoms with Gasteiger partial charge in [-0.05, 0) is 11.6 Å². The van der Waals surface area contributed by atoms with Crippen LogP contribution in [0.4, 0.5) is 0 Å². The lowest BCUT2D eigenvalue weighted by molar-refractivity contribution is -0.139. The Bertz CT molecular complexity index is 560. The Hall–Kier alpha value is -2.17. The highest BCUT2D eigenvalue weighted by Crippen LogP contribution is 2.20. The summed E-state index contributed by atoms with van der Waals surface area (Å²) >= 11 is 0. The fourth-order valence-corrected chi connectivity index (χ4v) is 1.81. The molecule has 0 radical (unpaired) electrons. The monoisotopic (exact) mass is 232 g/mol. The standard InChI is InChI=1S/C12H12N2O3/c1-17-12(16)6-9-8-14(4-5-15)11-7-13-3-2-10(9)11/h2-3,5,7-8H,4,6H2,1H3. The van der Waals surface area contributed by atoms with Crippen molar-refractivity contribution in [1.29, 1.82) is 0 Å². The first kappa shape index (κ1) is 11.3. The summed E-state index contributed by atoms with van der Waals surface area (Å²) in [6, 6.07) is 1.83. The van der Waals surface area contributed by atoms with E-state index < -0.39 is 0 Å². The first-order chi connectivity index (χ1) is 8.26. The fourth-order valence-electron chi connectivity index (χ4n) is 1.81. The summed E-state index contributed by atoms with van der Waals surface area (Å²) in [7, 11) is 1.36. The number of nitrogens with zero attached hydrogens (tertiary/aromatic N) is 2. The Labute approximate surface area is 98.0 Å². The predicted molar refractivity (Wildman–Crippen MR) is 61.5 cm³/mol. The van der Waals surface area contributed by atoms with E-state index in [0.29, 0.717) is 0 Å². The lowest BCUT2D eigenvalue weighted by Gasteiger charge is -1.97. The predicted octanol–water partition coefficient (Wildman–Crippen LogP) is 0.951. The molecule has 0 spiro atoms. The molecule has 0 saturated carbocycles. The average molecular weight is 232 g/mol. The van der Waals surface area contributed by atoms with E-state index in [1.165, 1.54) is 7.11 Å². The number of aromatic nitrogens is 2. The molecule has 0 aliphatic carbocycles. The van der Waals surface area contributed by atoms with Crippen molar-refractivity contribution in [2.45, 2.75) is 13.0 Å². The van der Waals surface area contributed by atoms with Crippen LogP contribution in [-0.2, 0) is 27.3 Å². The van der Waals surface area contributed by atoms with Gasteiger partial charge in [0.25, 0.3) is 0 Å². The highest BCUT2D eigenvalue weighted by Gasteiger charge is 2.11. The Morgan fingerprint density at radius 2 is 2.41 bits per heavy atom. The highest BCUT2D eigenvalue weighted by atomic mass is 16.5. The molecule has 0 aromatic carbocycles. The highest BCUT2D eigenvalue weighted by molar-refractivity contribution is 5.87. The molecule has 2 aromatic rings. The zero-order chi connectivity index (χ0) is 12.3. The van der Waals surface area contributed by atoms with Gasteiger partial charge in [-0.2, -0.15) is 0 Å².